The summed E-state index contributed by atoms with van der Waals surface area (Å²) < 4.78 is 7.69. The summed E-state index contributed by atoms with van der Waals surface area (Å²) in [5, 5.41) is 0. The van der Waals surface area contributed by atoms with E-state index in [0.29, 0.717) is 0 Å². The molecule has 2 atom stereocenters. The Labute approximate surface area is 62.3 Å². The van der Waals surface area contributed by atoms with Crippen LogP contribution in [0.5, 0.6) is 0 Å². The molecule has 0 radical (unpaired) electrons. The minimum atomic E-state index is -0.203. The smallest absolute Gasteiger partial charge is 0.0332 e. The van der Waals surface area contributed by atoms with Gasteiger partial charge in [-0.05, 0) is 23.9 Å². The number of rotatable bonds is 0. The summed E-state index contributed by atoms with van der Waals surface area (Å²) >= 11 is 0. The largest absolute Gasteiger partial charge is 0.327 e. The maximum Gasteiger partial charge on any atom is 0.0332 e. The zero-order valence-corrected chi connectivity index (χ0v) is 5.75. The Kier molecular flexibility index (Phi) is 1.03. The average molecular weight is 134 g/mol. The van der Waals surface area contributed by atoms with Gasteiger partial charge in [-0.15, -0.1) is 0 Å². The summed E-state index contributed by atoms with van der Waals surface area (Å²) in [4.78, 5) is 0. The van der Waals surface area contributed by atoms with Gasteiger partial charge in [0.1, 0.15) is 0 Å². The molecule has 0 saturated carbocycles. The molecule has 2 rings (SSSR count). The summed E-state index contributed by atoms with van der Waals surface area (Å²) in [6.07, 6.45) is 0.663. The van der Waals surface area contributed by atoms with Gasteiger partial charge in [0.2, 0.25) is 0 Å². The highest BCUT2D eigenvalue weighted by molar-refractivity contribution is 5.32. The lowest BCUT2D eigenvalue weighted by atomic mass is 10.1. The molecule has 10 heavy (non-hydrogen) atoms. The van der Waals surface area contributed by atoms with Crippen LogP contribution in [0.4, 0.5) is 0 Å². The van der Waals surface area contributed by atoms with Gasteiger partial charge in [0.25, 0.3) is 0 Å². The Hall–Kier alpha value is -0.820. The summed E-state index contributed by atoms with van der Waals surface area (Å²) in [5.41, 5.74) is 8.10. The third-order valence-corrected chi connectivity index (χ3v) is 1.90. The first kappa shape index (κ1) is 4.91. The zero-order chi connectivity index (χ0) is 7.84. The van der Waals surface area contributed by atoms with Gasteiger partial charge in [0, 0.05) is 7.41 Å². The number of nitrogens with two attached hydrogens (primary N) is 1. The van der Waals surface area contributed by atoms with Crippen molar-refractivity contribution in [2.45, 2.75) is 18.9 Å². The van der Waals surface area contributed by atoms with Crippen molar-refractivity contribution >= 4 is 0 Å². The van der Waals surface area contributed by atoms with E-state index >= 15 is 0 Å². The molecule has 1 aliphatic rings. The number of hydrogen-bond donors (Lipinski definition) is 1. The molecule has 1 aromatic rings. The molecule has 0 saturated heterocycles. The quantitative estimate of drug-likeness (QED) is 0.565. The molecule has 0 aliphatic heterocycles. The third kappa shape index (κ3) is 0.830. The Morgan fingerprint density at radius 1 is 1.40 bits per heavy atom. The summed E-state index contributed by atoms with van der Waals surface area (Å²) in [6.45, 7) is 0. The summed E-state index contributed by atoms with van der Waals surface area (Å²) in [5.74, 6) is 0. The lowest BCUT2D eigenvalue weighted by Gasteiger charge is -1.94. The van der Waals surface area contributed by atoms with E-state index < -0.39 is 0 Å². The molecule has 0 aromatic heterocycles. The Morgan fingerprint density at radius 2 is 2.10 bits per heavy atom. The fourth-order valence-corrected chi connectivity index (χ4v) is 1.43. The molecule has 1 nitrogen and oxygen atoms in total. The number of hydrogen-bond acceptors (Lipinski definition) is 1. The molecule has 1 aliphatic carbocycles. The van der Waals surface area contributed by atoms with Gasteiger partial charge < -0.3 is 5.73 Å². The van der Waals surface area contributed by atoms with Crippen LogP contribution in [0.3, 0.4) is 0 Å². The van der Waals surface area contributed by atoms with Crippen molar-refractivity contribution in [1.82, 2.24) is 0 Å². The zero-order valence-electron chi connectivity index (χ0n) is 6.75. The van der Waals surface area contributed by atoms with Crippen LogP contribution in [0, 0.1) is 0 Å². The minimum absolute atomic E-state index is 0.00685. The molecular formula is C9H11N. The van der Waals surface area contributed by atoms with Gasteiger partial charge in [0.05, 0.1) is 0 Å². The monoisotopic (exact) mass is 134 g/mol. The standard InChI is InChI=1S/C9H11N/c10-9-5-7-3-1-2-4-8(7)6-9/h1-4,9H,5-6,10H2/i5D/t5-,9?/m1/s1. The van der Waals surface area contributed by atoms with Gasteiger partial charge in [-0.3, -0.25) is 0 Å². The van der Waals surface area contributed by atoms with Crippen molar-refractivity contribution in [3.05, 3.63) is 35.4 Å². The van der Waals surface area contributed by atoms with Crippen molar-refractivity contribution in [3.63, 3.8) is 0 Å². The number of benzene rings is 1. The fraction of sp³-hybridized carbons (Fsp3) is 0.333. The molecule has 52 valence electrons. The Balaban J connectivity index is 2.47. The highest BCUT2D eigenvalue weighted by Gasteiger charge is 2.15. The van der Waals surface area contributed by atoms with E-state index in [1.807, 2.05) is 18.2 Å². The maximum absolute atomic E-state index is 7.69. The molecule has 0 heterocycles. The van der Waals surface area contributed by atoms with E-state index in [4.69, 9.17) is 7.10 Å². The van der Waals surface area contributed by atoms with Crippen LogP contribution < -0.4 is 5.73 Å². The predicted octanol–water partition coefficient (Wildman–Crippen LogP) is 1.11. The highest BCUT2D eigenvalue weighted by atomic mass is 14.6. The second-order valence-electron chi connectivity index (χ2n) is 2.73. The van der Waals surface area contributed by atoms with Crippen LogP contribution in [0.2, 0.25) is 0 Å². The van der Waals surface area contributed by atoms with Crippen LogP contribution in [0.15, 0.2) is 24.3 Å². The van der Waals surface area contributed by atoms with Crippen LogP contribution in [0.25, 0.3) is 0 Å². The minimum Gasteiger partial charge on any atom is -0.327 e. The lowest BCUT2D eigenvalue weighted by molar-refractivity contribution is 0.721. The Bertz CT molecular complexity index is 272. The van der Waals surface area contributed by atoms with E-state index in [1.54, 1.807) is 0 Å². The normalized spacial score (nSPS) is 31.5. The molecule has 0 amide bonds. The molecular weight excluding hydrogens is 122 g/mol. The van der Waals surface area contributed by atoms with E-state index in [1.165, 1.54) is 5.56 Å². The van der Waals surface area contributed by atoms with Crippen LogP contribution in [-0.2, 0) is 12.8 Å². The molecule has 0 fully saturated rings. The summed E-state index contributed by atoms with van der Waals surface area (Å²) in [7, 11) is 0. The first-order valence-electron chi connectivity index (χ1n) is 4.12. The van der Waals surface area contributed by atoms with Crippen molar-refractivity contribution in [1.29, 1.82) is 0 Å². The molecule has 0 spiro atoms. The first-order chi connectivity index (χ1) is 5.29. The molecule has 2 N–H and O–H groups in total. The van der Waals surface area contributed by atoms with E-state index in [2.05, 4.69) is 6.07 Å². The SMILES string of the molecule is [2H][C@@H]1c2ccccc2CC1N. The highest BCUT2D eigenvalue weighted by Crippen LogP contribution is 2.19. The average Bonchev–Trinajstić information content (AvgIpc) is 2.30. The van der Waals surface area contributed by atoms with Crippen molar-refractivity contribution < 1.29 is 1.37 Å². The van der Waals surface area contributed by atoms with Gasteiger partial charge in [-0.1, -0.05) is 24.3 Å². The van der Waals surface area contributed by atoms with Gasteiger partial charge in [-0.25, -0.2) is 0 Å². The molecule has 1 unspecified atom stereocenters. The molecule has 1 aromatic carbocycles. The molecule has 0 bridgehead atoms. The van der Waals surface area contributed by atoms with Crippen molar-refractivity contribution in [2.75, 3.05) is 0 Å². The van der Waals surface area contributed by atoms with Crippen LogP contribution >= 0.6 is 0 Å². The maximum atomic E-state index is 7.69. The van der Waals surface area contributed by atoms with Gasteiger partial charge in [-0.2, -0.15) is 0 Å². The second kappa shape index (κ2) is 2.10. The number of fused-ring (bicyclic) bond motifs is 1. The van der Waals surface area contributed by atoms with Crippen molar-refractivity contribution in [3.8, 4) is 0 Å². The van der Waals surface area contributed by atoms with E-state index in [-0.39, 0.29) is 12.4 Å². The lowest BCUT2D eigenvalue weighted by Crippen LogP contribution is -2.18. The predicted molar refractivity (Wildman–Crippen MR) is 41.8 cm³/mol. The van der Waals surface area contributed by atoms with Crippen LogP contribution in [0.1, 0.15) is 12.5 Å². The van der Waals surface area contributed by atoms with E-state index in [9.17, 15) is 0 Å². The van der Waals surface area contributed by atoms with Crippen LogP contribution in [-0.4, -0.2) is 6.04 Å². The Morgan fingerprint density at radius 3 is 2.80 bits per heavy atom. The van der Waals surface area contributed by atoms with E-state index in [0.717, 1.165) is 12.0 Å². The fourth-order valence-electron chi connectivity index (χ4n) is 1.43. The molecule has 1 heteroatoms. The topological polar surface area (TPSA) is 26.0 Å². The summed E-state index contributed by atoms with van der Waals surface area (Å²) in [6, 6.07) is 8.04. The second-order valence-corrected chi connectivity index (χ2v) is 2.73. The van der Waals surface area contributed by atoms with Gasteiger partial charge in [0.15, 0.2) is 0 Å². The van der Waals surface area contributed by atoms with Gasteiger partial charge >= 0.3 is 0 Å². The third-order valence-electron chi connectivity index (χ3n) is 1.90. The first-order valence-corrected chi connectivity index (χ1v) is 3.54. The van der Waals surface area contributed by atoms with Crippen molar-refractivity contribution in [2.24, 2.45) is 5.73 Å².